The fourth-order valence-corrected chi connectivity index (χ4v) is 4.09. The molecule has 14 heteroatoms. The fourth-order valence-electron chi connectivity index (χ4n) is 4.09. The lowest BCUT2D eigenvalue weighted by Crippen LogP contribution is -2.58. The number of hydrogen-bond acceptors (Lipinski definition) is 8. The molecule has 0 bridgehead atoms. The van der Waals surface area contributed by atoms with E-state index in [1.165, 1.54) is 24.7 Å². The molecular weight excluding hydrogens is 546 g/mol. The first kappa shape index (κ1) is 31.3. The first-order chi connectivity index (χ1) is 20.0. The van der Waals surface area contributed by atoms with Crippen molar-refractivity contribution in [3.05, 3.63) is 83.9 Å². The highest BCUT2D eigenvalue weighted by molar-refractivity contribution is 5.95. The van der Waals surface area contributed by atoms with Gasteiger partial charge < -0.3 is 42.6 Å². The molecule has 4 atom stereocenters. The minimum Gasteiger partial charge on any atom is -0.508 e. The number of imidazole rings is 1. The van der Waals surface area contributed by atoms with Crippen molar-refractivity contribution in [1.82, 2.24) is 25.9 Å². The van der Waals surface area contributed by atoms with Crippen LogP contribution in [0.3, 0.4) is 0 Å². The minimum atomic E-state index is -1.31. The van der Waals surface area contributed by atoms with E-state index in [1.54, 1.807) is 42.5 Å². The van der Waals surface area contributed by atoms with Gasteiger partial charge >= 0.3 is 5.97 Å². The zero-order valence-corrected chi connectivity index (χ0v) is 22.5. The van der Waals surface area contributed by atoms with Gasteiger partial charge in [-0.05, 0) is 23.3 Å². The van der Waals surface area contributed by atoms with Crippen LogP contribution in [0.1, 0.15) is 23.2 Å². The number of nitrogens with two attached hydrogens (primary N) is 2. The summed E-state index contributed by atoms with van der Waals surface area (Å²) in [6.07, 6.45) is 2.23. The Kier molecular flexibility index (Phi) is 11.1. The lowest BCUT2D eigenvalue weighted by atomic mass is 10.0. The normalized spacial score (nSPS) is 13.6. The van der Waals surface area contributed by atoms with Crippen molar-refractivity contribution in [3.63, 3.8) is 0 Å². The number of H-pyrrole nitrogens is 1. The summed E-state index contributed by atoms with van der Waals surface area (Å²) in [6, 6.07) is 9.48. The number of benzene rings is 2. The van der Waals surface area contributed by atoms with Crippen LogP contribution in [0.4, 0.5) is 0 Å². The standard InChI is InChI=1S/C28H33N7O7/c29-20(13-24(30)37)25(38)33-22(12-18-14-31-15-32-18)27(40)34-21(10-17-6-8-19(36)9-7-17)26(39)35-23(28(41)42)11-16-4-2-1-3-5-16/h1-9,14-15,20-23,36H,10-13,29H2,(H2,30,37)(H,31,32)(H,33,38)(H,34,40)(H,35,39)(H,41,42). The first-order valence-electron chi connectivity index (χ1n) is 13.0. The Hall–Kier alpha value is -5.24. The van der Waals surface area contributed by atoms with Crippen molar-refractivity contribution < 1.29 is 34.2 Å². The molecule has 4 unspecified atom stereocenters. The van der Waals surface area contributed by atoms with Gasteiger partial charge in [0.1, 0.15) is 23.9 Å². The number of nitrogens with zero attached hydrogens (tertiary/aromatic N) is 1. The fraction of sp³-hybridized carbons (Fsp3) is 0.286. The quantitative estimate of drug-likeness (QED) is 0.109. The molecule has 3 rings (SSSR count). The van der Waals surface area contributed by atoms with E-state index in [1.807, 2.05) is 0 Å². The number of phenolic OH excluding ortho intramolecular Hbond substituents is 1. The highest BCUT2D eigenvalue weighted by Crippen LogP contribution is 2.13. The van der Waals surface area contributed by atoms with Crippen molar-refractivity contribution in [3.8, 4) is 5.75 Å². The number of amides is 4. The van der Waals surface area contributed by atoms with Crippen LogP contribution in [-0.2, 0) is 43.2 Å². The number of primary amides is 1. The van der Waals surface area contributed by atoms with Gasteiger partial charge in [-0.1, -0.05) is 42.5 Å². The van der Waals surface area contributed by atoms with Gasteiger partial charge in [-0.2, -0.15) is 0 Å². The minimum absolute atomic E-state index is 0.00194. The van der Waals surface area contributed by atoms with Gasteiger partial charge in [0, 0.05) is 31.2 Å². The molecule has 0 spiro atoms. The number of aliphatic carboxylic acids is 1. The average molecular weight is 580 g/mol. The Morgan fingerprint density at radius 2 is 1.33 bits per heavy atom. The number of carbonyl (C=O) groups excluding carboxylic acids is 4. The predicted molar refractivity (Wildman–Crippen MR) is 149 cm³/mol. The van der Waals surface area contributed by atoms with Crippen LogP contribution < -0.4 is 27.4 Å². The molecule has 1 aromatic heterocycles. The van der Waals surface area contributed by atoms with Crippen LogP contribution in [0.2, 0.25) is 0 Å². The molecule has 0 saturated carbocycles. The summed E-state index contributed by atoms with van der Waals surface area (Å²) in [5, 5.41) is 27.0. The van der Waals surface area contributed by atoms with Crippen LogP contribution in [0.5, 0.6) is 5.75 Å². The molecule has 0 aliphatic rings. The largest absolute Gasteiger partial charge is 0.508 e. The number of aromatic hydroxyl groups is 1. The van der Waals surface area contributed by atoms with Crippen LogP contribution in [0.15, 0.2) is 67.1 Å². The van der Waals surface area contributed by atoms with Gasteiger partial charge in [-0.25, -0.2) is 9.78 Å². The van der Waals surface area contributed by atoms with Gasteiger partial charge in [0.25, 0.3) is 0 Å². The van der Waals surface area contributed by atoms with E-state index in [9.17, 15) is 34.2 Å². The van der Waals surface area contributed by atoms with Crippen LogP contribution >= 0.6 is 0 Å². The second kappa shape index (κ2) is 14.9. The van der Waals surface area contributed by atoms with Gasteiger partial charge in [0.2, 0.25) is 23.6 Å². The third-order valence-corrected chi connectivity index (χ3v) is 6.28. The third-order valence-electron chi connectivity index (χ3n) is 6.28. The SMILES string of the molecule is NC(=O)CC(N)C(=O)NC(Cc1cnc[nH]1)C(=O)NC(Cc1ccc(O)cc1)C(=O)NC(Cc1ccccc1)C(=O)O. The molecule has 0 aliphatic heterocycles. The van der Waals surface area contributed by atoms with Gasteiger partial charge in [0.05, 0.1) is 18.8 Å². The molecule has 3 aromatic rings. The number of aromatic nitrogens is 2. The first-order valence-corrected chi connectivity index (χ1v) is 13.0. The van der Waals surface area contributed by atoms with Crippen molar-refractivity contribution in [2.75, 3.05) is 0 Å². The molecule has 0 radical (unpaired) electrons. The molecule has 0 aliphatic carbocycles. The van der Waals surface area contributed by atoms with Crippen molar-refractivity contribution >= 4 is 29.6 Å². The van der Waals surface area contributed by atoms with E-state index in [-0.39, 0.29) is 25.0 Å². The predicted octanol–water partition coefficient (Wildman–Crippen LogP) is -1.12. The molecule has 2 aromatic carbocycles. The molecule has 14 nitrogen and oxygen atoms in total. The lowest BCUT2D eigenvalue weighted by molar-refractivity contribution is -0.142. The molecule has 0 fully saturated rings. The van der Waals surface area contributed by atoms with E-state index >= 15 is 0 Å². The summed E-state index contributed by atoms with van der Waals surface area (Å²) in [5.41, 5.74) is 12.6. The monoisotopic (exact) mass is 579 g/mol. The van der Waals surface area contributed by atoms with Crippen molar-refractivity contribution in [2.45, 2.75) is 49.9 Å². The Bertz CT molecular complexity index is 1370. The van der Waals surface area contributed by atoms with Crippen LogP contribution in [0.25, 0.3) is 0 Å². The molecule has 4 amide bonds. The van der Waals surface area contributed by atoms with Gasteiger partial charge in [-0.3, -0.25) is 19.2 Å². The van der Waals surface area contributed by atoms with E-state index < -0.39 is 60.2 Å². The number of phenols is 1. The van der Waals surface area contributed by atoms with E-state index in [0.29, 0.717) is 16.8 Å². The van der Waals surface area contributed by atoms with Gasteiger partial charge in [0.15, 0.2) is 0 Å². The average Bonchev–Trinajstić information content (AvgIpc) is 3.46. The maximum atomic E-state index is 13.5. The Morgan fingerprint density at radius 1 is 0.786 bits per heavy atom. The second-order valence-electron chi connectivity index (χ2n) is 9.64. The maximum Gasteiger partial charge on any atom is 0.326 e. The lowest BCUT2D eigenvalue weighted by Gasteiger charge is -2.25. The van der Waals surface area contributed by atoms with Crippen molar-refractivity contribution in [1.29, 1.82) is 0 Å². The number of nitrogens with one attached hydrogen (secondary N) is 4. The number of hydrogen-bond donors (Lipinski definition) is 8. The van der Waals surface area contributed by atoms with Crippen molar-refractivity contribution in [2.24, 2.45) is 11.5 Å². The topological polar surface area (TPSA) is 243 Å². The van der Waals surface area contributed by atoms with Crippen LogP contribution in [0, 0.1) is 0 Å². The summed E-state index contributed by atoms with van der Waals surface area (Å²) in [6.45, 7) is 0. The number of carboxylic acid groups (broad SMARTS) is 1. The number of carboxylic acids is 1. The Labute approximate surface area is 240 Å². The number of rotatable bonds is 15. The zero-order valence-electron chi connectivity index (χ0n) is 22.5. The van der Waals surface area contributed by atoms with Crippen LogP contribution in [-0.4, -0.2) is 73.9 Å². The molecule has 10 N–H and O–H groups in total. The summed E-state index contributed by atoms with van der Waals surface area (Å²) >= 11 is 0. The highest BCUT2D eigenvalue weighted by atomic mass is 16.4. The molecular formula is C28H33N7O7. The maximum absolute atomic E-state index is 13.5. The smallest absolute Gasteiger partial charge is 0.326 e. The van der Waals surface area contributed by atoms with Gasteiger partial charge in [-0.15, -0.1) is 0 Å². The summed E-state index contributed by atoms with van der Waals surface area (Å²) < 4.78 is 0. The summed E-state index contributed by atoms with van der Waals surface area (Å²) in [5.74, 6) is -4.46. The second-order valence-corrected chi connectivity index (χ2v) is 9.64. The number of carbonyl (C=O) groups is 5. The zero-order chi connectivity index (χ0) is 30.6. The molecule has 0 saturated heterocycles. The summed E-state index contributed by atoms with van der Waals surface area (Å²) in [7, 11) is 0. The Morgan fingerprint density at radius 3 is 1.90 bits per heavy atom. The highest BCUT2D eigenvalue weighted by Gasteiger charge is 2.31. The third kappa shape index (κ3) is 9.75. The molecule has 42 heavy (non-hydrogen) atoms. The molecule has 222 valence electrons. The summed E-state index contributed by atoms with van der Waals surface area (Å²) in [4.78, 5) is 69.5. The number of aromatic amines is 1. The Balaban J connectivity index is 1.83. The van der Waals surface area contributed by atoms with E-state index in [2.05, 4.69) is 25.9 Å². The van der Waals surface area contributed by atoms with E-state index in [0.717, 1.165) is 0 Å². The van der Waals surface area contributed by atoms with E-state index in [4.69, 9.17) is 11.5 Å². The molecule has 1 heterocycles.